The predicted octanol–water partition coefficient (Wildman–Crippen LogP) is 1.79. The van der Waals surface area contributed by atoms with Gasteiger partial charge in [0.25, 0.3) is 5.91 Å². The lowest BCUT2D eigenvalue weighted by Gasteiger charge is -2.09. The summed E-state index contributed by atoms with van der Waals surface area (Å²) in [5.41, 5.74) is 0.788. The molecule has 0 radical (unpaired) electrons. The normalized spacial score (nSPS) is 28.1. The van der Waals surface area contributed by atoms with Crippen LogP contribution in [-0.4, -0.2) is 25.0 Å². The molecule has 1 saturated carbocycles. The molecule has 1 aliphatic heterocycles. The second kappa shape index (κ2) is 4.07. The third-order valence-electron chi connectivity index (χ3n) is 4.42. The van der Waals surface area contributed by atoms with Gasteiger partial charge in [-0.1, -0.05) is 36.4 Å². The van der Waals surface area contributed by atoms with Gasteiger partial charge in [0.2, 0.25) is 0 Å². The molecule has 1 saturated heterocycles. The van der Waals surface area contributed by atoms with Crippen molar-refractivity contribution < 1.29 is 4.79 Å². The van der Waals surface area contributed by atoms with Crippen LogP contribution in [0.5, 0.6) is 0 Å². The Morgan fingerprint density at radius 2 is 1.79 bits per heavy atom. The lowest BCUT2D eigenvalue weighted by atomic mass is 10.0. The number of nitrogens with one attached hydrogen (secondary N) is 2. The van der Waals surface area contributed by atoms with Crippen LogP contribution in [0.1, 0.15) is 10.4 Å². The molecular weight excluding hydrogens is 236 g/mol. The average Bonchev–Trinajstić information content (AvgIpc) is 2.88. The molecule has 3 heteroatoms. The zero-order valence-corrected chi connectivity index (χ0v) is 10.6. The number of fused-ring (bicyclic) bond motifs is 2. The highest BCUT2D eigenvalue weighted by molar-refractivity contribution is 6.07. The summed E-state index contributed by atoms with van der Waals surface area (Å²) < 4.78 is 0. The zero-order valence-electron chi connectivity index (χ0n) is 10.6. The maximum Gasteiger partial charge on any atom is 0.252 e. The minimum Gasteiger partial charge on any atom is -0.349 e. The summed E-state index contributed by atoms with van der Waals surface area (Å²) in [5, 5.41) is 8.68. The number of hydrogen-bond donors (Lipinski definition) is 2. The van der Waals surface area contributed by atoms with Crippen molar-refractivity contribution >= 4 is 16.7 Å². The lowest BCUT2D eigenvalue weighted by molar-refractivity contribution is 0.0948. The lowest BCUT2D eigenvalue weighted by Crippen LogP contribution is -2.32. The van der Waals surface area contributed by atoms with Gasteiger partial charge < -0.3 is 10.6 Å². The van der Waals surface area contributed by atoms with Gasteiger partial charge in [-0.15, -0.1) is 0 Å². The number of rotatable bonds is 2. The maximum atomic E-state index is 12.4. The molecule has 4 rings (SSSR count). The van der Waals surface area contributed by atoms with E-state index in [1.807, 2.05) is 42.5 Å². The fraction of sp³-hybridized carbons (Fsp3) is 0.312. The van der Waals surface area contributed by atoms with Gasteiger partial charge in [0.1, 0.15) is 0 Å². The Morgan fingerprint density at radius 1 is 1.05 bits per heavy atom. The van der Waals surface area contributed by atoms with Gasteiger partial charge in [-0.05, 0) is 28.7 Å². The van der Waals surface area contributed by atoms with Crippen LogP contribution >= 0.6 is 0 Å². The van der Waals surface area contributed by atoms with Gasteiger partial charge in [-0.2, -0.15) is 0 Å². The third kappa shape index (κ3) is 1.73. The van der Waals surface area contributed by atoms with Crippen LogP contribution in [0, 0.1) is 11.8 Å². The second-order valence-electron chi connectivity index (χ2n) is 5.51. The van der Waals surface area contributed by atoms with E-state index in [2.05, 4.69) is 10.6 Å². The first-order valence-corrected chi connectivity index (χ1v) is 6.84. The fourth-order valence-electron chi connectivity index (χ4n) is 3.28. The maximum absolute atomic E-state index is 12.4. The summed E-state index contributed by atoms with van der Waals surface area (Å²) in [6, 6.07) is 14.3. The number of benzene rings is 2. The molecule has 96 valence electrons. The molecular formula is C16H16N2O. The Bertz CT molecular complexity index is 637. The van der Waals surface area contributed by atoms with Gasteiger partial charge in [-0.3, -0.25) is 4.79 Å². The highest BCUT2D eigenvalue weighted by Crippen LogP contribution is 2.41. The minimum absolute atomic E-state index is 0.0659. The quantitative estimate of drug-likeness (QED) is 0.855. The minimum atomic E-state index is 0.0659. The number of hydrogen-bond acceptors (Lipinski definition) is 2. The van der Waals surface area contributed by atoms with E-state index in [0.29, 0.717) is 17.9 Å². The molecule has 3 nitrogen and oxygen atoms in total. The molecule has 2 unspecified atom stereocenters. The number of piperidine rings is 1. The number of carbonyl (C=O) groups is 1. The summed E-state index contributed by atoms with van der Waals surface area (Å²) in [5.74, 6) is 1.37. The van der Waals surface area contributed by atoms with Crippen LogP contribution in [-0.2, 0) is 0 Å². The standard InChI is InChI=1S/C16H16N2O/c19-16(18-15-13-8-17-9-14(13)15)12-7-3-5-10-4-1-2-6-11(10)12/h1-7,13-15,17H,8-9H2,(H,18,19). The van der Waals surface area contributed by atoms with E-state index in [-0.39, 0.29) is 5.91 Å². The first-order valence-electron chi connectivity index (χ1n) is 6.84. The van der Waals surface area contributed by atoms with E-state index < -0.39 is 0 Å². The molecule has 2 aliphatic rings. The molecule has 0 spiro atoms. The van der Waals surface area contributed by atoms with Crippen LogP contribution in [0.4, 0.5) is 0 Å². The Morgan fingerprint density at radius 3 is 2.63 bits per heavy atom. The number of amides is 1. The van der Waals surface area contributed by atoms with Crippen molar-refractivity contribution in [2.24, 2.45) is 11.8 Å². The molecule has 0 bridgehead atoms. The molecule has 19 heavy (non-hydrogen) atoms. The van der Waals surface area contributed by atoms with Crippen LogP contribution in [0.15, 0.2) is 42.5 Å². The summed E-state index contributed by atoms with van der Waals surface area (Å²) in [4.78, 5) is 12.4. The molecule has 2 aromatic carbocycles. The Labute approximate surface area is 112 Å². The Balaban J connectivity index is 1.61. The first kappa shape index (κ1) is 11.0. The predicted molar refractivity (Wildman–Crippen MR) is 75.1 cm³/mol. The van der Waals surface area contributed by atoms with Crippen LogP contribution < -0.4 is 10.6 Å². The van der Waals surface area contributed by atoms with E-state index in [1.54, 1.807) is 0 Å². The van der Waals surface area contributed by atoms with Crippen molar-refractivity contribution in [3.8, 4) is 0 Å². The van der Waals surface area contributed by atoms with Crippen molar-refractivity contribution in [1.29, 1.82) is 0 Å². The topological polar surface area (TPSA) is 41.1 Å². The van der Waals surface area contributed by atoms with Crippen molar-refractivity contribution in [3.63, 3.8) is 0 Å². The van der Waals surface area contributed by atoms with E-state index in [4.69, 9.17) is 0 Å². The monoisotopic (exact) mass is 252 g/mol. The van der Waals surface area contributed by atoms with E-state index in [0.717, 1.165) is 29.4 Å². The van der Waals surface area contributed by atoms with Crippen molar-refractivity contribution in [2.45, 2.75) is 6.04 Å². The smallest absolute Gasteiger partial charge is 0.252 e. The van der Waals surface area contributed by atoms with Crippen molar-refractivity contribution in [3.05, 3.63) is 48.0 Å². The molecule has 2 aromatic rings. The van der Waals surface area contributed by atoms with Gasteiger partial charge in [0.05, 0.1) is 0 Å². The van der Waals surface area contributed by atoms with Gasteiger partial charge >= 0.3 is 0 Å². The average molecular weight is 252 g/mol. The van der Waals surface area contributed by atoms with Crippen LogP contribution in [0.2, 0.25) is 0 Å². The molecule has 2 N–H and O–H groups in total. The van der Waals surface area contributed by atoms with E-state index in [1.165, 1.54) is 0 Å². The molecule has 2 atom stereocenters. The largest absolute Gasteiger partial charge is 0.349 e. The van der Waals surface area contributed by atoms with Crippen molar-refractivity contribution in [2.75, 3.05) is 13.1 Å². The summed E-state index contributed by atoms with van der Waals surface area (Å²) in [6.45, 7) is 2.09. The summed E-state index contributed by atoms with van der Waals surface area (Å²) in [7, 11) is 0. The molecule has 2 fully saturated rings. The molecule has 0 aromatic heterocycles. The molecule has 1 aliphatic carbocycles. The highest BCUT2D eigenvalue weighted by atomic mass is 16.1. The van der Waals surface area contributed by atoms with Gasteiger partial charge in [0, 0.05) is 24.7 Å². The van der Waals surface area contributed by atoms with Crippen LogP contribution in [0.25, 0.3) is 10.8 Å². The second-order valence-corrected chi connectivity index (χ2v) is 5.51. The third-order valence-corrected chi connectivity index (χ3v) is 4.42. The van der Waals surface area contributed by atoms with Crippen LogP contribution in [0.3, 0.4) is 0 Å². The van der Waals surface area contributed by atoms with E-state index in [9.17, 15) is 4.79 Å². The SMILES string of the molecule is O=C(NC1C2CNCC21)c1cccc2ccccc12. The Kier molecular flexibility index (Phi) is 2.35. The summed E-state index contributed by atoms with van der Waals surface area (Å²) >= 11 is 0. The van der Waals surface area contributed by atoms with Gasteiger partial charge in [0.15, 0.2) is 0 Å². The first-order chi connectivity index (χ1) is 9.34. The Hall–Kier alpha value is -1.87. The fourth-order valence-corrected chi connectivity index (χ4v) is 3.28. The van der Waals surface area contributed by atoms with E-state index >= 15 is 0 Å². The molecule has 1 amide bonds. The van der Waals surface area contributed by atoms with Crippen molar-refractivity contribution in [1.82, 2.24) is 10.6 Å². The summed E-state index contributed by atoms with van der Waals surface area (Å²) in [6.07, 6.45) is 0. The zero-order chi connectivity index (χ0) is 12.8. The number of carbonyl (C=O) groups excluding carboxylic acids is 1. The van der Waals surface area contributed by atoms with Gasteiger partial charge in [-0.25, -0.2) is 0 Å². The molecule has 1 heterocycles. The highest BCUT2D eigenvalue weighted by Gasteiger charge is 2.53.